The second-order valence-electron chi connectivity index (χ2n) is 5.85. The minimum atomic E-state index is -0.337. The third-order valence-corrected chi connectivity index (χ3v) is 3.76. The Labute approximate surface area is 130 Å². The van der Waals surface area contributed by atoms with Crippen molar-refractivity contribution in [3.8, 4) is 0 Å². The molecule has 22 heavy (non-hydrogen) atoms. The summed E-state index contributed by atoms with van der Waals surface area (Å²) in [5, 5.41) is 3.29. The van der Waals surface area contributed by atoms with E-state index in [-0.39, 0.29) is 5.41 Å². The second kappa shape index (κ2) is 6.32. The molecule has 2 aromatic heterocycles. The lowest BCUT2D eigenvalue weighted by Gasteiger charge is -2.19. The molecule has 0 radical (unpaired) electrons. The van der Waals surface area contributed by atoms with Gasteiger partial charge in [-0.25, -0.2) is 0 Å². The van der Waals surface area contributed by atoms with Gasteiger partial charge >= 0.3 is 0 Å². The van der Waals surface area contributed by atoms with Crippen LogP contribution in [0, 0.1) is 0 Å². The highest BCUT2D eigenvalue weighted by Crippen LogP contribution is 2.33. The fraction of sp³-hybridized carbons (Fsp3) is 0.412. The fourth-order valence-electron chi connectivity index (χ4n) is 2.36. The van der Waals surface area contributed by atoms with Gasteiger partial charge in [-0.2, -0.15) is 0 Å². The van der Waals surface area contributed by atoms with Crippen molar-refractivity contribution < 1.29 is 8.83 Å². The SMILES string of the molecule is CC1(C)c2ccc(o2)C=NCCNCCN=Cc2ccc1o2. The normalized spacial score (nSPS) is 18.5. The van der Waals surface area contributed by atoms with Crippen molar-refractivity contribution in [1.29, 1.82) is 0 Å². The molecular weight excluding hydrogens is 278 g/mol. The summed E-state index contributed by atoms with van der Waals surface area (Å²) in [7, 11) is 0. The molecule has 0 aromatic carbocycles. The lowest BCUT2D eigenvalue weighted by atomic mass is 9.87. The van der Waals surface area contributed by atoms with Gasteiger partial charge in [0.1, 0.15) is 23.0 Å². The molecule has 5 heteroatoms. The summed E-state index contributed by atoms with van der Waals surface area (Å²) in [6.45, 7) is 7.27. The lowest BCUT2D eigenvalue weighted by molar-refractivity contribution is 0.361. The summed E-state index contributed by atoms with van der Waals surface area (Å²) >= 11 is 0. The lowest BCUT2D eigenvalue weighted by Crippen LogP contribution is -2.21. The maximum atomic E-state index is 5.90. The summed E-state index contributed by atoms with van der Waals surface area (Å²) in [5.41, 5.74) is -0.337. The molecule has 5 nitrogen and oxygen atoms in total. The summed E-state index contributed by atoms with van der Waals surface area (Å²) in [6, 6.07) is 7.84. The highest BCUT2D eigenvalue weighted by atomic mass is 16.4. The average molecular weight is 299 g/mol. The van der Waals surface area contributed by atoms with Crippen molar-refractivity contribution in [3.63, 3.8) is 0 Å². The Morgan fingerprint density at radius 1 is 0.864 bits per heavy atom. The van der Waals surface area contributed by atoms with Crippen LogP contribution in [-0.4, -0.2) is 38.6 Å². The Balaban J connectivity index is 1.93. The van der Waals surface area contributed by atoms with E-state index in [0.717, 1.165) is 49.2 Å². The molecule has 3 rings (SSSR count). The van der Waals surface area contributed by atoms with Gasteiger partial charge in [-0.05, 0) is 38.1 Å². The predicted molar refractivity (Wildman–Crippen MR) is 87.3 cm³/mol. The van der Waals surface area contributed by atoms with Gasteiger partial charge in [0, 0.05) is 13.1 Å². The molecule has 1 aliphatic rings. The molecule has 0 fully saturated rings. The van der Waals surface area contributed by atoms with E-state index in [1.54, 1.807) is 12.4 Å². The minimum Gasteiger partial charge on any atom is -0.459 e. The van der Waals surface area contributed by atoms with Gasteiger partial charge in [-0.1, -0.05) is 0 Å². The van der Waals surface area contributed by atoms with Gasteiger partial charge < -0.3 is 14.2 Å². The Bertz CT molecular complexity index is 623. The van der Waals surface area contributed by atoms with Crippen molar-refractivity contribution in [1.82, 2.24) is 5.32 Å². The first kappa shape index (κ1) is 14.8. The van der Waals surface area contributed by atoms with Crippen LogP contribution in [0.1, 0.15) is 36.9 Å². The quantitative estimate of drug-likeness (QED) is 0.813. The van der Waals surface area contributed by atoms with Gasteiger partial charge in [-0.3, -0.25) is 9.98 Å². The number of hydrogen-bond acceptors (Lipinski definition) is 5. The first-order valence-electron chi connectivity index (χ1n) is 7.57. The van der Waals surface area contributed by atoms with E-state index in [9.17, 15) is 0 Å². The first-order chi connectivity index (χ1) is 10.7. The molecule has 0 unspecified atom stereocenters. The van der Waals surface area contributed by atoms with Crippen LogP contribution in [0.25, 0.3) is 0 Å². The smallest absolute Gasteiger partial charge is 0.144 e. The molecule has 0 aliphatic carbocycles. The number of fused-ring (bicyclic) bond motifs is 4. The minimum absolute atomic E-state index is 0.337. The average Bonchev–Trinajstić information content (AvgIpc) is 3.14. The van der Waals surface area contributed by atoms with Gasteiger partial charge in [-0.15, -0.1) is 0 Å². The molecule has 0 atom stereocenters. The van der Waals surface area contributed by atoms with E-state index >= 15 is 0 Å². The molecule has 2 aromatic rings. The Hall–Kier alpha value is -2.14. The number of hydrogen-bond donors (Lipinski definition) is 1. The molecule has 3 heterocycles. The molecule has 1 aliphatic heterocycles. The van der Waals surface area contributed by atoms with Crippen LogP contribution in [0.4, 0.5) is 0 Å². The van der Waals surface area contributed by atoms with Crippen LogP contribution in [0.2, 0.25) is 0 Å². The van der Waals surface area contributed by atoms with Crippen LogP contribution in [0.5, 0.6) is 0 Å². The summed E-state index contributed by atoms with van der Waals surface area (Å²) in [5.74, 6) is 3.25. The Morgan fingerprint density at radius 3 is 1.86 bits per heavy atom. The molecule has 0 saturated carbocycles. The van der Waals surface area contributed by atoms with Crippen LogP contribution in [-0.2, 0) is 5.41 Å². The van der Waals surface area contributed by atoms with E-state index in [4.69, 9.17) is 8.83 Å². The molecule has 0 amide bonds. The van der Waals surface area contributed by atoms with Crippen molar-refractivity contribution in [3.05, 3.63) is 47.3 Å². The number of aliphatic imine (C=N–C) groups is 2. The molecule has 4 bridgehead atoms. The number of nitrogens with zero attached hydrogens (tertiary/aromatic N) is 2. The zero-order chi connectivity index (χ0) is 15.4. The van der Waals surface area contributed by atoms with Gasteiger partial charge in [0.25, 0.3) is 0 Å². The van der Waals surface area contributed by atoms with Crippen molar-refractivity contribution in [2.75, 3.05) is 26.2 Å². The summed E-state index contributed by atoms with van der Waals surface area (Å²) in [6.07, 6.45) is 3.55. The van der Waals surface area contributed by atoms with E-state index < -0.39 is 0 Å². The molecule has 0 saturated heterocycles. The number of furan rings is 2. The third-order valence-electron chi connectivity index (χ3n) is 3.76. The highest BCUT2D eigenvalue weighted by molar-refractivity contribution is 5.76. The fourth-order valence-corrected chi connectivity index (χ4v) is 2.36. The van der Waals surface area contributed by atoms with E-state index in [0.29, 0.717) is 0 Å². The van der Waals surface area contributed by atoms with E-state index in [1.165, 1.54) is 0 Å². The molecule has 1 N–H and O–H groups in total. The van der Waals surface area contributed by atoms with Gasteiger partial charge in [0.2, 0.25) is 0 Å². The highest BCUT2D eigenvalue weighted by Gasteiger charge is 2.30. The number of rotatable bonds is 0. The maximum absolute atomic E-state index is 5.90. The van der Waals surface area contributed by atoms with Crippen molar-refractivity contribution in [2.24, 2.45) is 9.98 Å². The van der Waals surface area contributed by atoms with Crippen LogP contribution in [0.15, 0.2) is 43.1 Å². The van der Waals surface area contributed by atoms with Crippen LogP contribution in [0.3, 0.4) is 0 Å². The standard InChI is InChI=1S/C17H21N3O2/c1-17(2)15-5-3-13(21-15)11-19-9-7-18-8-10-20-12-14-4-6-16(17)22-14/h3-6,11-12,18H,7-10H2,1-2H3. The van der Waals surface area contributed by atoms with Crippen molar-refractivity contribution >= 4 is 12.4 Å². The Morgan fingerprint density at radius 2 is 1.36 bits per heavy atom. The summed E-state index contributed by atoms with van der Waals surface area (Å²) < 4.78 is 11.8. The zero-order valence-corrected chi connectivity index (χ0v) is 13.0. The second-order valence-corrected chi connectivity index (χ2v) is 5.85. The largest absolute Gasteiger partial charge is 0.459 e. The van der Waals surface area contributed by atoms with E-state index in [2.05, 4.69) is 29.1 Å². The monoisotopic (exact) mass is 299 g/mol. The molecule has 0 spiro atoms. The molecule has 116 valence electrons. The van der Waals surface area contributed by atoms with Gasteiger partial charge in [0.15, 0.2) is 0 Å². The maximum Gasteiger partial charge on any atom is 0.144 e. The van der Waals surface area contributed by atoms with Gasteiger partial charge in [0.05, 0.1) is 30.9 Å². The van der Waals surface area contributed by atoms with E-state index in [1.807, 2.05) is 24.3 Å². The van der Waals surface area contributed by atoms with Crippen LogP contribution < -0.4 is 5.32 Å². The molecular formula is C17H21N3O2. The van der Waals surface area contributed by atoms with Crippen molar-refractivity contribution in [2.45, 2.75) is 19.3 Å². The zero-order valence-electron chi connectivity index (χ0n) is 13.0. The summed E-state index contributed by atoms with van der Waals surface area (Å²) in [4.78, 5) is 8.73. The first-order valence-corrected chi connectivity index (χ1v) is 7.57. The topological polar surface area (TPSA) is 63.0 Å². The van der Waals surface area contributed by atoms with Crippen LogP contribution >= 0.6 is 0 Å². The third kappa shape index (κ3) is 3.20. The number of nitrogens with one attached hydrogen (secondary N) is 1. The Kier molecular flexibility index (Phi) is 4.24. The predicted octanol–water partition coefficient (Wildman–Crippen LogP) is 2.64.